The molecule has 0 spiro atoms. The van der Waals surface area contributed by atoms with E-state index in [2.05, 4.69) is 26.2 Å². The van der Waals surface area contributed by atoms with E-state index in [4.69, 9.17) is 0 Å². The van der Waals surface area contributed by atoms with Crippen LogP contribution in [0.2, 0.25) is 0 Å². The number of carbonyl (C=O) groups is 2. The van der Waals surface area contributed by atoms with Crippen LogP contribution in [0.3, 0.4) is 0 Å². The predicted molar refractivity (Wildman–Crippen MR) is 157 cm³/mol. The first-order valence-corrected chi connectivity index (χ1v) is 13.4. The number of benzene rings is 3. The first kappa shape index (κ1) is 27.2. The molecule has 0 bridgehead atoms. The Morgan fingerprint density at radius 1 is 0.950 bits per heavy atom. The van der Waals surface area contributed by atoms with Gasteiger partial charge in [0.2, 0.25) is 5.91 Å². The molecular weight excluding hydrogens is 509 g/mol. The van der Waals surface area contributed by atoms with Crippen molar-refractivity contribution in [1.29, 1.82) is 0 Å². The molecule has 1 fully saturated rings. The van der Waals surface area contributed by atoms with E-state index in [0.717, 1.165) is 37.2 Å². The second-order valence-electron chi connectivity index (χ2n) is 10.7. The number of aliphatic hydroxyl groups excluding tert-OH is 1. The minimum Gasteiger partial charge on any atom is -0.393 e. The molecule has 0 aliphatic carbocycles. The Bertz CT molecular complexity index is 1420. The fraction of sp³-hybridized carbons (Fsp3) is 0.290. The first-order valence-electron chi connectivity index (χ1n) is 13.4. The molecule has 5 N–H and O–H groups in total. The number of hydrogen-bond acceptors (Lipinski definition) is 6. The highest BCUT2D eigenvalue weighted by atomic mass is 19.1. The molecule has 0 radical (unpaired) electrons. The zero-order chi connectivity index (χ0) is 28.3. The highest BCUT2D eigenvalue weighted by Gasteiger charge is 2.35. The summed E-state index contributed by atoms with van der Waals surface area (Å²) in [6, 6.07) is 18.9. The Hall–Kier alpha value is -4.37. The van der Waals surface area contributed by atoms with Crippen LogP contribution in [-0.2, 0) is 4.79 Å². The molecule has 0 saturated carbocycles. The molecule has 5 rings (SSSR count). The third kappa shape index (κ3) is 6.26. The van der Waals surface area contributed by atoms with Crippen LogP contribution in [0.1, 0.15) is 43.5 Å². The fourth-order valence-corrected chi connectivity index (χ4v) is 4.99. The summed E-state index contributed by atoms with van der Waals surface area (Å²) in [5.74, 6) is -0.951. The summed E-state index contributed by atoms with van der Waals surface area (Å²) in [4.78, 5) is 27.6. The molecule has 9 heteroatoms. The number of halogens is 1. The van der Waals surface area contributed by atoms with E-state index in [1.54, 1.807) is 48.5 Å². The van der Waals surface area contributed by atoms with Gasteiger partial charge in [-0.25, -0.2) is 4.39 Å². The van der Waals surface area contributed by atoms with Crippen LogP contribution in [0.25, 0.3) is 0 Å². The maximum Gasteiger partial charge on any atom is 0.255 e. The van der Waals surface area contributed by atoms with E-state index in [1.807, 2.05) is 32.2 Å². The zero-order valence-electron chi connectivity index (χ0n) is 22.6. The number of hydrogen-bond donors (Lipinski definition) is 5. The molecule has 2 heterocycles. The molecule has 1 unspecified atom stereocenters. The fourth-order valence-electron chi connectivity index (χ4n) is 4.99. The molecule has 40 heavy (non-hydrogen) atoms. The number of nitrogens with zero attached hydrogens (tertiary/aromatic N) is 1. The molecule has 2 amide bonds. The van der Waals surface area contributed by atoms with Crippen molar-refractivity contribution in [1.82, 2.24) is 5.32 Å². The van der Waals surface area contributed by atoms with Gasteiger partial charge in [-0.15, -0.1) is 0 Å². The Balaban J connectivity index is 1.15. The van der Waals surface area contributed by atoms with Crippen LogP contribution in [0, 0.1) is 5.82 Å². The Kier molecular flexibility index (Phi) is 7.75. The standard InChI is InChI=1S/C31H34FN5O3/c1-20-18-31(2,33-19-20)30(40)36-24-9-12-28(27(32)17-24)34-22-5-7-23(8-6-22)35-29(39)21-3-10-25(11-4-21)37-15-13-26(38)14-16-37/h3-12,17,19,26,33-34,38H,13-16,18H2,1-2H3,(H,35,39)(H,36,40). The zero-order valence-corrected chi connectivity index (χ0v) is 22.6. The summed E-state index contributed by atoms with van der Waals surface area (Å²) < 4.78 is 14.8. The highest BCUT2D eigenvalue weighted by Crippen LogP contribution is 2.27. The van der Waals surface area contributed by atoms with Gasteiger partial charge in [0.05, 0.1) is 11.8 Å². The van der Waals surface area contributed by atoms with E-state index < -0.39 is 11.4 Å². The number of rotatable bonds is 7. The summed E-state index contributed by atoms with van der Waals surface area (Å²) in [5.41, 5.74) is 3.81. The lowest BCUT2D eigenvalue weighted by molar-refractivity contribution is -0.121. The second-order valence-corrected chi connectivity index (χ2v) is 10.7. The van der Waals surface area contributed by atoms with Gasteiger partial charge in [0, 0.05) is 47.8 Å². The Labute approximate surface area is 233 Å². The van der Waals surface area contributed by atoms with E-state index in [0.29, 0.717) is 29.0 Å². The lowest BCUT2D eigenvalue weighted by atomic mass is 9.96. The maximum absolute atomic E-state index is 14.8. The average molecular weight is 544 g/mol. The van der Waals surface area contributed by atoms with Gasteiger partial charge in [-0.05, 0) is 99.6 Å². The number of amides is 2. The van der Waals surface area contributed by atoms with Gasteiger partial charge in [0.1, 0.15) is 11.4 Å². The van der Waals surface area contributed by atoms with Crippen molar-refractivity contribution < 1.29 is 19.1 Å². The van der Waals surface area contributed by atoms with Gasteiger partial charge in [0.15, 0.2) is 0 Å². The summed E-state index contributed by atoms with van der Waals surface area (Å²) in [6.07, 6.45) is 3.68. The number of anilines is 5. The Morgan fingerprint density at radius 2 is 1.60 bits per heavy atom. The molecular formula is C31H34FN5O3. The molecule has 3 aromatic carbocycles. The van der Waals surface area contributed by atoms with E-state index in [9.17, 15) is 19.1 Å². The van der Waals surface area contributed by atoms with Gasteiger partial charge in [-0.3, -0.25) is 9.59 Å². The monoisotopic (exact) mass is 543 g/mol. The van der Waals surface area contributed by atoms with Gasteiger partial charge in [-0.1, -0.05) is 5.57 Å². The molecule has 3 aromatic rings. The van der Waals surface area contributed by atoms with Gasteiger partial charge in [-0.2, -0.15) is 0 Å². The number of piperidine rings is 1. The van der Waals surface area contributed by atoms with Crippen molar-refractivity contribution >= 4 is 40.3 Å². The molecule has 1 atom stereocenters. The van der Waals surface area contributed by atoms with Crippen LogP contribution < -0.4 is 26.2 Å². The second kappa shape index (κ2) is 11.4. The molecule has 208 valence electrons. The summed E-state index contributed by atoms with van der Waals surface area (Å²) >= 11 is 0. The van der Waals surface area contributed by atoms with Gasteiger partial charge in [0.25, 0.3) is 5.91 Å². The summed E-state index contributed by atoms with van der Waals surface area (Å²) in [6.45, 7) is 5.36. The average Bonchev–Trinajstić information content (AvgIpc) is 3.31. The minimum absolute atomic E-state index is 0.224. The molecule has 0 aromatic heterocycles. The lowest BCUT2D eigenvalue weighted by Gasteiger charge is -2.31. The minimum atomic E-state index is -0.754. The van der Waals surface area contributed by atoms with Crippen LogP contribution >= 0.6 is 0 Å². The predicted octanol–water partition coefficient (Wildman–Crippen LogP) is 5.38. The van der Waals surface area contributed by atoms with Crippen LogP contribution in [-0.4, -0.2) is 41.7 Å². The molecule has 2 aliphatic heterocycles. The van der Waals surface area contributed by atoms with Crippen molar-refractivity contribution in [3.05, 3.63) is 89.9 Å². The van der Waals surface area contributed by atoms with Gasteiger partial charge < -0.3 is 31.3 Å². The normalized spacial score (nSPS) is 19.0. The van der Waals surface area contributed by atoms with Crippen LogP contribution in [0.5, 0.6) is 0 Å². The number of carbonyl (C=O) groups excluding carboxylic acids is 2. The van der Waals surface area contributed by atoms with Crippen LogP contribution in [0.15, 0.2) is 78.5 Å². The van der Waals surface area contributed by atoms with E-state index in [1.165, 1.54) is 6.07 Å². The van der Waals surface area contributed by atoms with E-state index >= 15 is 0 Å². The molecule has 2 aliphatic rings. The summed E-state index contributed by atoms with van der Waals surface area (Å²) in [7, 11) is 0. The van der Waals surface area contributed by atoms with Gasteiger partial charge >= 0.3 is 0 Å². The SMILES string of the molecule is CC1=CNC(C)(C(=O)Nc2ccc(Nc3ccc(NC(=O)c4ccc(N5CCC(O)CC5)cc4)cc3)c(F)c2)C1. The maximum atomic E-state index is 14.8. The largest absolute Gasteiger partial charge is 0.393 e. The summed E-state index contributed by atoms with van der Waals surface area (Å²) in [5, 5.41) is 21.5. The smallest absolute Gasteiger partial charge is 0.255 e. The quantitative estimate of drug-likeness (QED) is 0.274. The first-order chi connectivity index (χ1) is 19.2. The highest BCUT2D eigenvalue weighted by molar-refractivity contribution is 6.04. The van der Waals surface area contributed by atoms with Crippen LogP contribution in [0.4, 0.5) is 32.8 Å². The number of nitrogens with one attached hydrogen (secondary N) is 4. The lowest BCUT2D eigenvalue weighted by Crippen LogP contribution is -2.47. The third-order valence-electron chi connectivity index (χ3n) is 7.38. The van der Waals surface area contributed by atoms with Crippen molar-refractivity contribution in [2.45, 2.75) is 44.8 Å². The van der Waals surface area contributed by atoms with E-state index in [-0.39, 0.29) is 23.6 Å². The molecule has 8 nitrogen and oxygen atoms in total. The van der Waals surface area contributed by atoms with Crippen molar-refractivity contribution in [3.8, 4) is 0 Å². The third-order valence-corrected chi connectivity index (χ3v) is 7.38. The Morgan fingerprint density at radius 3 is 2.23 bits per heavy atom. The topological polar surface area (TPSA) is 106 Å². The molecule has 1 saturated heterocycles. The van der Waals surface area contributed by atoms with Crippen molar-refractivity contribution in [2.24, 2.45) is 0 Å². The van der Waals surface area contributed by atoms with Crippen molar-refractivity contribution in [3.63, 3.8) is 0 Å². The van der Waals surface area contributed by atoms with Crippen molar-refractivity contribution in [2.75, 3.05) is 33.9 Å². The number of aliphatic hydroxyl groups is 1.